The Kier molecular flexibility index (Phi) is 8.39. The minimum atomic E-state index is -0.506. The molecule has 1 N–H and O–H groups in total. The van der Waals surface area contributed by atoms with Crippen molar-refractivity contribution in [3.05, 3.63) is 59.9 Å². The van der Waals surface area contributed by atoms with Gasteiger partial charge in [-0.1, -0.05) is 19.1 Å². The average molecular weight is 482 g/mol. The molecule has 4 rings (SSSR count). The third kappa shape index (κ3) is 6.20. The van der Waals surface area contributed by atoms with Gasteiger partial charge in [0.1, 0.15) is 11.6 Å². The van der Waals surface area contributed by atoms with Crippen LogP contribution in [-0.4, -0.2) is 50.0 Å². The van der Waals surface area contributed by atoms with Crippen molar-refractivity contribution < 1.29 is 18.7 Å². The molecule has 2 aliphatic heterocycles. The molecule has 2 fully saturated rings. The molecule has 6 nitrogen and oxygen atoms in total. The van der Waals surface area contributed by atoms with Gasteiger partial charge in [-0.2, -0.15) is 0 Å². The lowest BCUT2D eigenvalue weighted by atomic mass is 9.83. The Labute approximate surface area is 207 Å². The van der Waals surface area contributed by atoms with Gasteiger partial charge in [-0.25, -0.2) is 4.39 Å². The highest BCUT2D eigenvalue weighted by Crippen LogP contribution is 2.40. The largest absolute Gasteiger partial charge is 0.497 e. The van der Waals surface area contributed by atoms with E-state index in [9.17, 15) is 14.0 Å². The summed E-state index contributed by atoms with van der Waals surface area (Å²) in [5, 5.41) is 3.12. The quantitative estimate of drug-likeness (QED) is 0.562. The number of halogens is 1. The Balaban J connectivity index is 1.48. The summed E-state index contributed by atoms with van der Waals surface area (Å²) in [5.41, 5.74) is 1.44. The molecule has 188 valence electrons. The zero-order chi connectivity index (χ0) is 24.8. The Morgan fingerprint density at radius 1 is 1.06 bits per heavy atom. The summed E-state index contributed by atoms with van der Waals surface area (Å²) in [7, 11) is 1.59. The van der Waals surface area contributed by atoms with Crippen molar-refractivity contribution in [1.82, 2.24) is 10.2 Å². The van der Waals surface area contributed by atoms with Gasteiger partial charge in [0.05, 0.1) is 19.1 Å². The Morgan fingerprint density at radius 3 is 2.40 bits per heavy atom. The van der Waals surface area contributed by atoms with Crippen molar-refractivity contribution >= 4 is 17.5 Å². The summed E-state index contributed by atoms with van der Waals surface area (Å²) >= 11 is 0. The first kappa shape index (κ1) is 25.2. The lowest BCUT2D eigenvalue weighted by Gasteiger charge is -2.41. The number of carbonyl (C=O) groups excluding carboxylic acids is 2. The molecule has 35 heavy (non-hydrogen) atoms. The Hall–Kier alpha value is -2.93. The molecular weight excluding hydrogens is 445 g/mol. The maximum Gasteiger partial charge on any atom is 0.227 e. The number of hydrogen-bond acceptors (Lipinski definition) is 4. The van der Waals surface area contributed by atoms with Gasteiger partial charge in [-0.3, -0.25) is 9.59 Å². The fourth-order valence-electron chi connectivity index (χ4n) is 5.19. The van der Waals surface area contributed by atoms with Crippen molar-refractivity contribution in [3.63, 3.8) is 0 Å². The molecule has 0 saturated carbocycles. The van der Waals surface area contributed by atoms with Crippen LogP contribution >= 0.6 is 0 Å². The molecule has 0 radical (unpaired) electrons. The van der Waals surface area contributed by atoms with E-state index in [2.05, 4.69) is 17.1 Å². The first-order valence-electron chi connectivity index (χ1n) is 12.7. The van der Waals surface area contributed by atoms with Crippen LogP contribution in [0.2, 0.25) is 0 Å². The number of rotatable bonds is 8. The van der Waals surface area contributed by atoms with E-state index in [0.717, 1.165) is 37.5 Å². The molecule has 0 bridgehead atoms. The standard InChI is InChI=1S/C28H36FN3O3/c1-20-14-18-31(19-15-20)17-3-16-30-28(34)25-12-13-26(33)32(23-8-10-24(35-2)11-9-23)27(25)21-4-6-22(29)7-5-21/h4-11,20,25,27H,3,12-19H2,1-2H3,(H,30,34)/t25-,27+/m1/s1. The molecule has 2 aromatic rings. The molecule has 2 heterocycles. The molecule has 0 unspecified atom stereocenters. The number of ether oxygens (including phenoxy) is 1. The van der Waals surface area contributed by atoms with E-state index >= 15 is 0 Å². The molecule has 0 spiro atoms. The Bertz CT molecular complexity index is 988. The van der Waals surface area contributed by atoms with Crippen molar-refractivity contribution in [3.8, 4) is 5.75 Å². The predicted octanol–water partition coefficient (Wildman–Crippen LogP) is 4.56. The molecule has 7 heteroatoms. The number of nitrogens with zero attached hydrogens (tertiary/aromatic N) is 2. The monoisotopic (exact) mass is 481 g/mol. The van der Waals surface area contributed by atoms with Crippen LogP contribution in [0, 0.1) is 17.7 Å². The first-order valence-corrected chi connectivity index (χ1v) is 12.7. The zero-order valence-electron chi connectivity index (χ0n) is 20.7. The SMILES string of the molecule is COc1ccc(N2C(=O)CC[C@@H](C(=O)NCCCN3CCC(C)CC3)[C@@H]2c2ccc(F)cc2)cc1. The second kappa shape index (κ2) is 11.7. The minimum absolute atomic E-state index is 0.0483. The second-order valence-corrected chi connectivity index (χ2v) is 9.77. The predicted molar refractivity (Wildman–Crippen MR) is 135 cm³/mol. The fourth-order valence-corrected chi connectivity index (χ4v) is 5.19. The van der Waals surface area contributed by atoms with Crippen molar-refractivity contribution in [2.45, 2.75) is 45.1 Å². The number of piperidine rings is 2. The first-order chi connectivity index (χ1) is 17.0. The van der Waals surface area contributed by atoms with Crippen LogP contribution in [0.4, 0.5) is 10.1 Å². The van der Waals surface area contributed by atoms with Gasteiger partial charge in [0.25, 0.3) is 0 Å². The molecule has 2 saturated heterocycles. The maximum absolute atomic E-state index is 13.7. The molecule has 2 aromatic carbocycles. The third-order valence-corrected chi connectivity index (χ3v) is 7.32. The highest BCUT2D eigenvalue weighted by Gasteiger charge is 2.41. The topological polar surface area (TPSA) is 61.9 Å². The number of benzene rings is 2. The van der Waals surface area contributed by atoms with Crippen LogP contribution < -0.4 is 15.0 Å². The van der Waals surface area contributed by atoms with E-state index in [4.69, 9.17) is 4.74 Å². The molecule has 0 aromatic heterocycles. The molecule has 2 amide bonds. The van der Waals surface area contributed by atoms with Gasteiger partial charge in [-0.15, -0.1) is 0 Å². The maximum atomic E-state index is 13.7. The van der Waals surface area contributed by atoms with Gasteiger partial charge in [0.15, 0.2) is 0 Å². The summed E-state index contributed by atoms with van der Waals surface area (Å²) in [5.74, 6) is 0.618. The van der Waals surface area contributed by atoms with E-state index in [0.29, 0.717) is 24.4 Å². The summed E-state index contributed by atoms with van der Waals surface area (Å²) in [6.45, 7) is 6.15. The van der Waals surface area contributed by atoms with Crippen LogP contribution in [0.15, 0.2) is 48.5 Å². The van der Waals surface area contributed by atoms with Crippen LogP contribution in [0.3, 0.4) is 0 Å². The number of anilines is 1. The Morgan fingerprint density at radius 2 is 1.74 bits per heavy atom. The van der Waals surface area contributed by atoms with Crippen molar-refractivity contribution in [2.75, 3.05) is 38.2 Å². The van der Waals surface area contributed by atoms with E-state index < -0.39 is 12.0 Å². The summed E-state index contributed by atoms with van der Waals surface area (Å²) in [6.07, 6.45) is 4.12. The van der Waals surface area contributed by atoms with Crippen molar-refractivity contribution in [2.24, 2.45) is 11.8 Å². The normalized spacial score (nSPS) is 21.7. The van der Waals surface area contributed by atoms with E-state index in [1.165, 1.54) is 25.0 Å². The summed E-state index contributed by atoms with van der Waals surface area (Å²) in [4.78, 5) is 30.6. The third-order valence-electron chi connectivity index (χ3n) is 7.32. The van der Waals surface area contributed by atoms with E-state index in [1.54, 1.807) is 36.3 Å². The number of hydrogen-bond donors (Lipinski definition) is 1. The van der Waals surface area contributed by atoms with Crippen molar-refractivity contribution in [1.29, 1.82) is 0 Å². The lowest BCUT2D eigenvalue weighted by Crippen LogP contribution is -2.48. The number of likely N-dealkylation sites (tertiary alicyclic amines) is 1. The van der Waals surface area contributed by atoms with Crippen LogP contribution in [0.1, 0.15) is 50.6 Å². The number of nitrogens with one attached hydrogen (secondary N) is 1. The van der Waals surface area contributed by atoms with Crippen LogP contribution in [0.5, 0.6) is 5.75 Å². The van der Waals surface area contributed by atoms with Gasteiger partial charge < -0.3 is 19.9 Å². The van der Waals surface area contributed by atoms with E-state index in [-0.39, 0.29) is 24.1 Å². The molecular formula is C28H36FN3O3. The van der Waals surface area contributed by atoms with Gasteiger partial charge >= 0.3 is 0 Å². The van der Waals surface area contributed by atoms with Gasteiger partial charge in [0, 0.05) is 18.7 Å². The van der Waals surface area contributed by atoms with Crippen LogP contribution in [-0.2, 0) is 9.59 Å². The smallest absolute Gasteiger partial charge is 0.227 e. The fraction of sp³-hybridized carbons (Fsp3) is 0.500. The number of amides is 2. The lowest BCUT2D eigenvalue weighted by molar-refractivity contribution is -0.129. The molecule has 0 aliphatic carbocycles. The number of carbonyl (C=O) groups is 2. The highest BCUT2D eigenvalue weighted by atomic mass is 19.1. The zero-order valence-corrected chi connectivity index (χ0v) is 20.7. The van der Waals surface area contributed by atoms with E-state index in [1.807, 2.05) is 12.1 Å². The molecule has 2 atom stereocenters. The molecule has 2 aliphatic rings. The average Bonchev–Trinajstić information content (AvgIpc) is 2.88. The second-order valence-electron chi connectivity index (χ2n) is 9.77. The van der Waals surface area contributed by atoms with Crippen LogP contribution in [0.25, 0.3) is 0 Å². The highest BCUT2D eigenvalue weighted by molar-refractivity contribution is 5.97. The van der Waals surface area contributed by atoms with Gasteiger partial charge in [-0.05, 0) is 93.2 Å². The number of methoxy groups -OCH3 is 1. The van der Waals surface area contributed by atoms with Gasteiger partial charge in [0.2, 0.25) is 11.8 Å². The summed E-state index contributed by atoms with van der Waals surface area (Å²) < 4.78 is 19.0. The summed E-state index contributed by atoms with van der Waals surface area (Å²) in [6, 6.07) is 12.9. The minimum Gasteiger partial charge on any atom is -0.497 e.